The molecule has 0 radical (unpaired) electrons. The summed E-state index contributed by atoms with van der Waals surface area (Å²) in [5, 5.41) is 16.1. The van der Waals surface area contributed by atoms with E-state index in [-0.39, 0.29) is 5.69 Å². The fourth-order valence-corrected chi connectivity index (χ4v) is 1.11. The quantitative estimate of drug-likeness (QED) is 0.769. The highest BCUT2D eigenvalue weighted by Gasteiger charge is 2.07. The fourth-order valence-electron chi connectivity index (χ4n) is 1.11. The number of carboxylic acids is 1. The van der Waals surface area contributed by atoms with Crippen molar-refractivity contribution < 1.29 is 9.90 Å². The molecule has 0 bridgehead atoms. The normalized spacial score (nSPS) is 10.5. The SMILES string of the molecule is CN(C)CCN(C)c1ccc(C(=O)O)nn1. The minimum atomic E-state index is -1.06. The summed E-state index contributed by atoms with van der Waals surface area (Å²) in [5.74, 6) is -0.387. The maximum Gasteiger partial charge on any atom is 0.356 e. The Bertz CT molecular complexity index is 350. The monoisotopic (exact) mass is 224 g/mol. The number of aromatic nitrogens is 2. The van der Waals surface area contributed by atoms with Crippen molar-refractivity contribution in [2.24, 2.45) is 0 Å². The maximum absolute atomic E-state index is 10.6. The third kappa shape index (κ3) is 3.47. The largest absolute Gasteiger partial charge is 0.476 e. The lowest BCUT2D eigenvalue weighted by Gasteiger charge is -2.19. The smallest absolute Gasteiger partial charge is 0.356 e. The van der Waals surface area contributed by atoms with Crippen LogP contribution in [0.2, 0.25) is 0 Å². The topological polar surface area (TPSA) is 69.6 Å². The van der Waals surface area contributed by atoms with E-state index in [9.17, 15) is 4.79 Å². The molecule has 6 nitrogen and oxygen atoms in total. The van der Waals surface area contributed by atoms with E-state index in [2.05, 4.69) is 15.1 Å². The van der Waals surface area contributed by atoms with Gasteiger partial charge in [-0.15, -0.1) is 10.2 Å². The predicted octanol–water partition coefficient (Wildman–Crippen LogP) is 0.173. The van der Waals surface area contributed by atoms with Crippen molar-refractivity contribution in [2.75, 3.05) is 39.1 Å². The van der Waals surface area contributed by atoms with E-state index < -0.39 is 5.97 Å². The summed E-state index contributed by atoms with van der Waals surface area (Å²) in [7, 11) is 5.88. The van der Waals surface area contributed by atoms with Crippen LogP contribution in [0.4, 0.5) is 5.82 Å². The van der Waals surface area contributed by atoms with Crippen molar-refractivity contribution in [2.45, 2.75) is 0 Å². The molecular formula is C10H16N4O2. The maximum atomic E-state index is 10.6. The summed E-state index contributed by atoms with van der Waals surface area (Å²) >= 11 is 0. The molecule has 1 rings (SSSR count). The Kier molecular flexibility index (Phi) is 4.19. The molecule has 16 heavy (non-hydrogen) atoms. The second-order valence-electron chi connectivity index (χ2n) is 3.81. The minimum absolute atomic E-state index is 0.0373. The van der Waals surface area contributed by atoms with Gasteiger partial charge in [0.05, 0.1) is 0 Å². The Labute approximate surface area is 94.5 Å². The molecule has 1 aromatic rings. The fraction of sp³-hybridized carbons (Fsp3) is 0.500. The molecule has 0 saturated carbocycles. The molecule has 1 N–H and O–H groups in total. The van der Waals surface area contributed by atoms with Crippen LogP contribution >= 0.6 is 0 Å². The van der Waals surface area contributed by atoms with Crippen LogP contribution in [-0.4, -0.2) is 60.4 Å². The highest BCUT2D eigenvalue weighted by molar-refractivity contribution is 5.85. The summed E-state index contributed by atoms with van der Waals surface area (Å²) in [6.45, 7) is 1.72. The van der Waals surface area contributed by atoms with Gasteiger partial charge in [0.25, 0.3) is 0 Å². The molecule has 0 fully saturated rings. The lowest BCUT2D eigenvalue weighted by atomic mass is 10.4. The van der Waals surface area contributed by atoms with Crippen molar-refractivity contribution in [1.82, 2.24) is 15.1 Å². The Morgan fingerprint density at radius 3 is 2.38 bits per heavy atom. The zero-order valence-corrected chi connectivity index (χ0v) is 9.71. The number of carbonyl (C=O) groups is 1. The molecule has 0 aliphatic rings. The summed E-state index contributed by atoms with van der Waals surface area (Å²) in [6.07, 6.45) is 0. The highest BCUT2D eigenvalue weighted by Crippen LogP contribution is 2.06. The van der Waals surface area contributed by atoms with E-state index in [0.717, 1.165) is 13.1 Å². The zero-order valence-electron chi connectivity index (χ0n) is 9.71. The Morgan fingerprint density at radius 1 is 1.25 bits per heavy atom. The second-order valence-corrected chi connectivity index (χ2v) is 3.81. The molecule has 0 atom stereocenters. The molecular weight excluding hydrogens is 208 g/mol. The van der Waals surface area contributed by atoms with Gasteiger partial charge in [-0.3, -0.25) is 0 Å². The first-order valence-corrected chi connectivity index (χ1v) is 4.93. The van der Waals surface area contributed by atoms with Gasteiger partial charge in [-0.05, 0) is 26.2 Å². The first-order chi connectivity index (χ1) is 7.50. The van der Waals surface area contributed by atoms with E-state index in [4.69, 9.17) is 5.11 Å². The van der Waals surface area contributed by atoms with E-state index in [1.165, 1.54) is 6.07 Å². The van der Waals surface area contributed by atoms with Crippen LogP contribution in [0, 0.1) is 0 Å². The van der Waals surface area contributed by atoms with Gasteiger partial charge in [0.1, 0.15) is 0 Å². The number of carboxylic acid groups (broad SMARTS) is 1. The second kappa shape index (κ2) is 5.41. The van der Waals surface area contributed by atoms with Crippen LogP contribution in [0.3, 0.4) is 0 Å². The number of anilines is 1. The molecule has 6 heteroatoms. The minimum Gasteiger partial charge on any atom is -0.476 e. The Balaban J connectivity index is 2.63. The number of nitrogens with zero attached hydrogens (tertiary/aromatic N) is 4. The van der Waals surface area contributed by atoms with Gasteiger partial charge in [-0.25, -0.2) is 4.79 Å². The molecule has 0 aliphatic heterocycles. The number of hydrogen-bond acceptors (Lipinski definition) is 5. The Morgan fingerprint density at radius 2 is 1.94 bits per heavy atom. The van der Waals surface area contributed by atoms with Gasteiger partial charge < -0.3 is 14.9 Å². The molecule has 0 aliphatic carbocycles. The van der Waals surface area contributed by atoms with Gasteiger partial charge in [0.15, 0.2) is 11.5 Å². The third-order valence-corrected chi connectivity index (χ3v) is 2.14. The van der Waals surface area contributed by atoms with Crippen molar-refractivity contribution in [3.05, 3.63) is 17.8 Å². The van der Waals surface area contributed by atoms with E-state index in [0.29, 0.717) is 5.82 Å². The van der Waals surface area contributed by atoms with Crippen molar-refractivity contribution in [1.29, 1.82) is 0 Å². The third-order valence-electron chi connectivity index (χ3n) is 2.14. The lowest BCUT2D eigenvalue weighted by Crippen LogP contribution is -2.29. The number of likely N-dealkylation sites (N-methyl/N-ethyl adjacent to an activating group) is 2. The highest BCUT2D eigenvalue weighted by atomic mass is 16.4. The van der Waals surface area contributed by atoms with Gasteiger partial charge in [-0.1, -0.05) is 0 Å². The molecule has 88 valence electrons. The van der Waals surface area contributed by atoms with Gasteiger partial charge in [-0.2, -0.15) is 0 Å². The Hall–Kier alpha value is -1.69. The molecule has 0 saturated heterocycles. The van der Waals surface area contributed by atoms with Gasteiger partial charge in [0.2, 0.25) is 0 Å². The van der Waals surface area contributed by atoms with E-state index >= 15 is 0 Å². The average molecular weight is 224 g/mol. The van der Waals surface area contributed by atoms with Gasteiger partial charge in [0, 0.05) is 20.1 Å². The number of hydrogen-bond donors (Lipinski definition) is 1. The summed E-state index contributed by atoms with van der Waals surface area (Å²) in [5.41, 5.74) is -0.0373. The molecule has 1 heterocycles. The van der Waals surface area contributed by atoms with Crippen molar-refractivity contribution in [3.63, 3.8) is 0 Å². The van der Waals surface area contributed by atoms with Crippen LogP contribution < -0.4 is 4.90 Å². The summed E-state index contributed by atoms with van der Waals surface area (Å²) < 4.78 is 0. The molecule has 0 aromatic carbocycles. The number of aromatic carboxylic acids is 1. The first kappa shape index (κ1) is 12.4. The zero-order chi connectivity index (χ0) is 12.1. The van der Waals surface area contributed by atoms with Crippen molar-refractivity contribution >= 4 is 11.8 Å². The van der Waals surface area contributed by atoms with Crippen LogP contribution in [0.15, 0.2) is 12.1 Å². The number of rotatable bonds is 5. The standard InChI is InChI=1S/C10H16N4O2/c1-13(2)6-7-14(3)9-5-4-8(10(15)16)11-12-9/h4-5H,6-7H2,1-3H3,(H,15,16). The van der Waals surface area contributed by atoms with E-state index in [1.807, 2.05) is 26.0 Å². The average Bonchev–Trinajstić information content (AvgIpc) is 2.26. The molecule has 1 aromatic heterocycles. The van der Waals surface area contributed by atoms with Crippen molar-refractivity contribution in [3.8, 4) is 0 Å². The van der Waals surface area contributed by atoms with Crippen LogP contribution in [0.5, 0.6) is 0 Å². The predicted molar refractivity (Wildman–Crippen MR) is 60.8 cm³/mol. The summed E-state index contributed by atoms with van der Waals surface area (Å²) in [4.78, 5) is 14.6. The van der Waals surface area contributed by atoms with E-state index in [1.54, 1.807) is 6.07 Å². The molecule has 0 spiro atoms. The lowest BCUT2D eigenvalue weighted by molar-refractivity contribution is 0.0689. The molecule has 0 amide bonds. The van der Waals surface area contributed by atoms with Gasteiger partial charge >= 0.3 is 5.97 Å². The first-order valence-electron chi connectivity index (χ1n) is 4.93. The van der Waals surface area contributed by atoms with Crippen LogP contribution in [0.1, 0.15) is 10.5 Å². The van der Waals surface area contributed by atoms with Crippen LogP contribution in [0.25, 0.3) is 0 Å². The van der Waals surface area contributed by atoms with Crippen LogP contribution in [-0.2, 0) is 0 Å². The molecule has 0 unspecified atom stereocenters. The summed E-state index contributed by atoms with van der Waals surface area (Å²) in [6, 6.07) is 3.11.